The molecule has 7 nitrogen and oxygen atoms in total. The predicted molar refractivity (Wildman–Crippen MR) is 117 cm³/mol. The van der Waals surface area contributed by atoms with Gasteiger partial charge in [-0.25, -0.2) is 9.37 Å². The van der Waals surface area contributed by atoms with Gasteiger partial charge in [-0.3, -0.25) is 4.79 Å². The van der Waals surface area contributed by atoms with Gasteiger partial charge in [-0.2, -0.15) is 0 Å². The molecular weight excluding hydrogens is 413 g/mol. The summed E-state index contributed by atoms with van der Waals surface area (Å²) in [4.78, 5) is 17.6. The minimum Gasteiger partial charge on any atom is -0.493 e. The molecule has 0 radical (unpaired) electrons. The van der Waals surface area contributed by atoms with Crippen molar-refractivity contribution in [3.05, 3.63) is 71.2 Å². The van der Waals surface area contributed by atoms with Gasteiger partial charge >= 0.3 is 0 Å². The summed E-state index contributed by atoms with van der Waals surface area (Å²) in [5.74, 6) is 0.507. The first-order chi connectivity index (χ1) is 15.4. The molecule has 2 aromatic heterocycles. The molecule has 4 rings (SSSR count). The van der Waals surface area contributed by atoms with Crippen molar-refractivity contribution in [1.29, 1.82) is 0 Å². The zero-order valence-corrected chi connectivity index (χ0v) is 18.1. The second-order valence-electron chi connectivity index (χ2n) is 7.34. The van der Waals surface area contributed by atoms with Crippen molar-refractivity contribution < 1.29 is 23.2 Å². The quantitative estimate of drug-likeness (QED) is 0.466. The largest absolute Gasteiger partial charge is 0.493 e. The number of amides is 1. The summed E-state index contributed by atoms with van der Waals surface area (Å²) >= 11 is 0. The molecule has 2 heterocycles. The normalized spacial score (nSPS) is 11.9. The van der Waals surface area contributed by atoms with Crippen LogP contribution in [-0.4, -0.2) is 30.3 Å². The van der Waals surface area contributed by atoms with Crippen molar-refractivity contribution in [2.45, 2.75) is 19.9 Å². The minimum atomic E-state index is -0.364. The number of pyridine rings is 1. The number of carbonyl (C=O) groups is 1. The first kappa shape index (κ1) is 21.3. The van der Waals surface area contributed by atoms with Crippen molar-refractivity contribution >= 4 is 17.0 Å². The van der Waals surface area contributed by atoms with Gasteiger partial charge in [-0.15, -0.1) is 0 Å². The maximum atomic E-state index is 13.4. The molecule has 0 aliphatic heterocycles. The lowest BCUT2D eigenvalue weighted by Crippen LogP contribution is -2.27. The van der Waals surface area contributed by atoms with Crippen molar-refractivity contribution in [2.75, 3.05) is 14.2 Å². The fourth-order valence-corrected chi connectivity index (χ4v) is 3.54. The van der Waals surface area contributed by atoms with E-state index in [1.807, 2.05) is 19.1 Å². The summed E-state index contributed by atoms with van der Waals surface area (Å²) in [7, 11) is 3.13. The summed E-state index contributed by atoms with van der Waals surface area (Å²) in [6.07, 6.45) is 0. The van der Waals surface area contributed by atoms with Gasteiger partial charge in [0.2, 0.25) is 0 Å². The molecule has 1 amide bonds. The highest BCUT2D eigenvalue weighted by molar-refractivity contribution is 6.09. The van der Waals surface area contributed by atoms with Gasteiger partial charge < -0.3 is 19.3 Å². The molecule has 2 aromatic carbocycles. The zero-order valence-electron chi connectivity index (χ0n) is 18.1. The first-order valence-electron chi connectivity index (χ1n) is 9.97. The van der Waals surface area contributed by atoms with Crippen molar-refractivity contribution in [2.24, 2.45) is 0 Å². The zero-order chi connectivity index (χ0) is 22.8. The molecule has 32 heavy (non-hydrogen) atoms. The van der Waals surface area contributed by atoms with Gasteiger partial charge in [0.1, 0.15) is 11.5 Å². The SMILES string of the molecule is COc1ccc([C@H](C)NC(=O)c2cc(C)nc3onc(-c4ccc(F)cc4)c23)cc1OC. The number of methoxy groups -OCH3 is 2. The van der Waals surface area contributed by atoms with E-state index in [1.54, 1.807) is 45.4 Å². The van der Waals surface area contributed by atoms with Crippen LogP contribution in [0.2, 0.25) is 0 Å². The van der Waals surface area contributed by atoms with Gasteiger partial charge in [-0.05, 0) is 61.9 Å². The Balaban J connectivity index is 1.70. The van der Waals surface area contributed by atoms with E-state index >= 15 is 0 Å². The van der Waals surface area contributed by atoms with Crippen LogP contribution in [-0.2, 0) is 0 Å². The number of halogens is 1. The molecule has 8 heteroatoms. The summed E-state index contributed by atoms with van der Waals surface area (Å²) in [6.45, 7) is 3.65. The molecule has 0 aliphatic carbocycles. The van der Waals surface area contributed by atoms with E-state index in [2.05, 4.69) is 15.5 Å². The lowest BCUT2D eigenvalue weighted by atomic mass is 10.0. The summed E-state index contributed by atoms with van der Waals surface area (Å²) in [6, 6.07) is 12.7. The van der Waals surface area contributed by atoms with E-state index < -0.39 is 0 Å². The van der Waals surface area contributed by atoms with Gasteiger partial charge in [0.15, 0.2) is 11.5 Å². The number of nitrogens with zero attached hydrogens (tertiary/aromatic N) is 2. The van der Waals surface area contributed by atoms with Crippen LogP contribution < -0.4 is 14.8 Å². The second kappa shape index (κ2) is 8.66. The minimum absolute atomic E-state index is 0.244. The van der Waals surface area contributed by atoms with Crippen molar-refractivity contribution in [1.82, 2.24) is 15.5 Å². The lowest BCUT2D eigenvalue weighted by molar-refractivity contribution is 0.0941. The Morgan fingerprint density at radius 2 is 1.78 bits per heavy atom. The van der Waals surface area contributed by atoms with E-state index in [-0.39, 0.29) is 23.5 Å². The Morgan fingerprint density at radius 1 is 1.06 bits per heavy atom. The van der Waals surface area contributed by atoms with Crippen LogP contribution in [0.25, 0.3) is 22.4 Å². The number of aryl methyl sites for hydroxylation is 1. The third-order valence-corrected chi connectivity index (χ3v) is 5.19. The number of rotatable bonds is 6. The fourth-order valence-electron chi connectivity index (χ4n) is 3.54. The highest BCUT2D eigenvalue weighted by atomic mass is 19.1. The molecule has 1 atom stereocenters. The molecule has 0 fully saturated rings. The number of aromatic nitrogens is 2. The Bertz CT molecular complexity index is 1280. The molecule has 164 valence electrons. The monoisotopic (exact) mass is 435 g/mol. The smallest absolute Gasteiger partial charge is 0.259 e. The third-order valence-electron chi connectivity index (χ3n) is 5.19. The van der Waals surface area contributed by atoms with Crippen molar-refractivity contribution in [3.8, 4) is 22.8 Å². The third kappa shape index (κ3) is 3.99. The molecule has 1 N–H and O–H groups in total. The van der Waals surface area contributed by atoms with E-state index in [9.17, 15) is 9.18 Å². The van der Waals surface area contributed by atoms with Gasteiger partial charge in [0, 0.05) is 11.3 Å². The summed E-state index contributed by atoms with van der Waals surface area (Å²) in [5, 5.41) is 7.57. The van der Waals surface area contributed by atoms with Crippen LogP contribution in [0, 0.1) is 12.7 Å². The average Bonchev–Trinajstić information content (AvgIpc) is 3.22. The van der Waals surface area contributed by atoms with E-state index in [4.69, 9.17) is 14.0 Å². The Labute approximate surface area is 184 Å². The molecule has 0 saturated heterocycles. The second-order valence-corrected chi connectivity index (χ2v) is 7.34. The molecule has 0 spiro atoms. The van der Waals surface area contributed by atoms with Gasteiger partial charge in [0.05, 0.1) is 31.2 Å². The van der Waals surface area contributed by atoms with Gasteiger partial charge in [-0.1, -0.05) is 11.2 Å². The number of nitrogens with one attached hydrogen (secondary N) is 1. The molecule has 0 aliphatic rings. The maximum absolute atomic E-state index is 13.4. The van der Waals surface area contributed by atoms with Crippen LogP contribution in [0.4, 0.5) is 4.39 Å². The highest BCUT2D eigenvalue weighted by Gasteiger charge is 2.22. The number of hydrogen-bond acceptors (Lipinski definition) is 6. The van der Waals surface area contributed by atoms with Crippen LogP contribution in [0.5, 0.6) is 11.5 Å². The molecule has 0 saturated carbocycles. The van der Waals surface area contributed by atoms with E-state index in [1.165, 1.54) is 12.1 Å². The van der Waals surface area contributed by atoms with Crippen molar-refractivity contribution in [3.63, 3.8) is 0 Å². The van der Waals surface area contributed by atoms with Crippen LogP contribution in [0.1, 0.15) is 34.6 Å². The molecule has 4 aromatic rings. The standard InChI is InChI=1S/C24H22FN3O4/c1-13-11-18(21-22(28-32-24(21)26-13)15-5-8-17(25)9-6-15)23(29)27-14(2)16-7-10-19(30-3)20(12-16)31-4/h5-12,14H,1-4H3,(H,27,29)/t14-/m0/s1. The predicted octanol–water partition coefficient (Wildman–Crippen LogP) is 4.85. The summed E-state index contributed by atoms with van der Waals surface area (Å²) < 4.78 is 29.4. The van der Waals surface area contributed by atoms with Crippen LogP contribution >= 0.6 is 0 Å². The fraction of sp³-hybridized carbons (Fsp3) is 0.208. The Morgan fingerprint density at radius 3 is 2.47 bits per heavy atom. The topological polar surface area (TPSA) is 86.5 Å². The van der Waals surface area contributed by atoms with Crippen LogP contribution in [0.3, 0.4) is 0 Å². The van der Waals surface area contributed by atoms with E-state index in [0.717, 1.165) is 5.56 Å². The number of benzene rings is 2. The number of hydrogen-bond donors (Lipinski definition) is 1. The maximum Gasteiger partial charge on any atom is 0.259 e. The lowest BCUT2D eigenvalue weighted by Gasteiger charge is -2.17. The number of carbonyl (C=O) groups excluding carboxylic acids is 1. The average molecular weight is 435 g/mol. The Hall–Kier alpha value is -3.94. The number of fused-ring (bicyclic) bond motifs is 1. The molecule has 0 bridgehead atoms. The van der Waals surface area contributed by atoms with E-state index in [0.29, 0.717) is 39.4 Å². The number of ether oxygens (including phenoxy) is 2. The molecule has 0 unspecified atom stereocenters. The van der Waals surface area contributed by atoms with Crippen LogP contribution in [0.15, 0.2) is 53.1 Å². The molecular formula is C24H22FN3O4. The highest BCUT2D eigenvalue weighted by Crippen LogP contribution is 2.32. The van der Waals surface area contributed by atoms with Gasteiger partial charge in [0.25, 0.3) is 11.6 Å². The first-order valence-corrected chi connectivity index (χ1v) is 9.97. The summed E-state index contributed by atoms with van der Waals surface area (Å²) in [5.41, 5.74) is 3.13. The Kier molecular flexibility index (Phi) is 5.77.